The van der Waals surface area contributed by atoms with Gasteiger partial charge in [0.25, 0.3) is 5.56 Å². The summed E-state index contributed by atoms with van der Waals surface area (Å²) in [6.45, 7) is 1.12. The zero-order chi connectivity index (χ0) is 17.9. The van der Waals surface area contributed by atoms with Crippen LogP contribution in [0.15, 0.2) is 20.8 Å². The second kappa shape index (κ2) is 7.88. The van der Waals surface area contributed by atoms with Gasteiger partial charge in [0.05, 0.1) is 24.9 Å². The van der Waals surface area contributed by atoms with Crippen molar-refractivity contribution in [1.29, 1.82) is 0 Å². The molecule has 0 aromatic carbocycles. The lowest BCUT2D eigenvalue weighted by Crippen LogP contribution is -2.45. The van der Waals surface area contributed by atoms with Gasteiger partial charge in [-0.15, -0.1) is 0 Å². The first-order valence-electron chi connectivity index (χ1n) is 7.21. The van der Waals surface area contributed by atoms with Crippen LogP contribution in [0.2, 0.25) is 0 Å². The maximum atomic E-state index is 12.5. The maximum absolute atomic E-state index is 12.5. The number of ether oxygens (including phenoxy) is 2. The maximum Gasteiger partial charge on any atom is 0.425 e. The third-order valence-corrected chi connectivity index (χ3v) is 3.79. The van der Waals surface area contributed by atoms with Gasteiger partial charge in [0, 0.05) is 12.6 Å². The van der Waals surface area contributed by atoms with Gasteiger partial charge in [0.2, 0.25) is 0 Å². The summed E-state index contributed by atoms with van der Waals surface area (Å²) in [6.07, 6.45) is -1.20. The molecular weight excluding hydrogens is 388 g/mol. The zero-order valence-electron chi connectivity index (χ0n) is 12.8. The van der Waals surface area contributed by atoms with Crippen molar-refractivity contribution in [1.82, 2.24) is 9.13 Å². The van der Waals surface area contributed by atoms with Crippen LogP contribution in [0.4, 0.5) is 4.79 Å². The summed E-state index contributed by atoms with van der Waals surface area (Å²) in [5.74, 6) is 0. The first-order valence-corrected chi connectivity index (χ1v) is 8.12. The largest absolute Gasteiger partial charge is 0.449 e. The highest BCUT2D eigenvalue weighted by Crippen LogP contribution is 2.27. The number of carbonyl (C=O) groups is 1. The molecule has 1 aliphatic heterocycles. The summed E-state index contributed by atoms with van der Waals surface area (Å²) in [5.41, 5.74) is -1.73. The van der Waals surface area contributed by atoms with E-state index in [0.29, 0.717) is 4.57 Å². The topological polar surface area (TPSA) is 120 Å². The standard InChI is InChI=1S/C14H17BrN2O7/c1-2-23-14(22)17-12(20)8(3-4-15)6-16(13(17)21)11-5-9(19)10(7-18)24-11/h3-4,6,9-11,18-19H,2,5,7H2,1H3/b4-3+/t9-,10+,11+/m0/s1. The van der Waals surface area contributed by atoms with Gasteiger partial charge in [-0.1, -0.05) is 15.9 Å². The van der Waals surface area contributed by atoms with Crippen molar-refractivity contribution >= 4 is 28.1 Å². The van der Waals surface area contributed by atoms with Crippen LogP contribution in [0.5, 0.6) is 0 Å². The summed E-state index contributed by atoms with van der Waals surface area (Å²) in [4.78, 5) is 38.2. The summed E-state index contributed by atoms with van der Waals surface area (Å²) in [6, 6.07) is 0. The summed E-state index contributed by atoms with van der Waals surface area (Å²) < 4.78 is 11.6. The molecule has 1 saturated heterocycles. The van der Waals surface area contributed by atoms with E-state index in [1.54, 1.807) is 6.92 Å². The Bertz CT molecular complexity index is 754. The van der Waals surface area contributed by atoms with Crippen LogP contribution in [0.3, 0.4) is 0 Å². The Morgan fingerprint density at radius 3 is 2.79 bits per heavy atom. The third kappa shape index (κ3) is 3.51. The van der Waals surface area contributed by atoms with Crippen molar-refractivity contribution in [2.75, 3.05) is 13.2 Å². The molecule has 3 atom stereocenters. The normalized spacial score (nSPS) is 23.8. The average molecular weight is 405 g/mol. The fourth-order valence-electron chi connectivity index (χ4n) is 2.38. The van der Waals surface area contributed by atoms with Crippen LogP contribution in [-0.2, 0) is 9.47 Å². The van der Waals surface area contributed by atoms with Gasteiger partial charge < -0.3 is 19.7 Å². The molecule has 1 aliphatic rings. The number of hydrogen-bond acceptors (Lipinski definition) is 7. The van der Waals surface area contributed by atoms with E-state index in [2.05, 4.69) is 15.9 Å². The molecule has 2 heterocycles. The number of carbonyl (C=O) groups excluding carboxylic acids is 1. The van der Waals surface area contributed by atoms with Gasteiger partial charge in [-0.25, -0.2) is 9.59 Å². The molecule has 10 heteroatoms. The number of nitrogens with zero attached hydrogens (tertiary/aromatic N) is 2. The number of aliphatic hydroxyl groups excluding tert-OH is 2. The Morgan fingerprint density at radius 1 is 1.54 bits per heavy atom. The molecule has 2 rings (SSSR count). The Balaban J connectivity index is 2.58. The Labute approximate surface area is 144 Å². The number of halogens is 1. The predicted octanol–water partition coefficient (Wildman–Crippen LogP) is 0.0209. The molecule has 132 valence electrons. The highest BCUT2D eigenvalue weighted by atomic mass is 79.9. The molecule has 0 aliphatic carbocycles. The highest BCUT2D eigenvalue weighted by Gasteiger charge is 2.36. The Kier molecular flexibility index (Phi) is 6.10. The molecule has 2 N–H and O–H groups in total. The number of rotatable bonds is 4. The van der Waals surface area contributed by atoms with E-state index in [1.165, 1.54) is 17.3 Å². The molecule has 0 radical (unpaired) electrons. The molecular formula is C14H17BrN2O7. The second-order valence-electron chi connectivity index (χ2n) is 5.02. The van der Waals surface area contributed by atoms with Gasteiger partial charge in [0.15, 0.2) is 0 Å². The SMILES string of the molecule is CCOC(=O)n1c(=O)c(/C=C/Br)cn([C@H]2C[C@H](O)[C@@H](CO)O2)c1=O. The molecule has 9 nitrogen and oxygen atoms in total. The third-order valence-electron chi connectivity index (χ3n) is 3.53. The highest BCUT2D eigenvalue weighted by molar-refractivity contribution is 9.11. The molecule has 0 bridgehead atoms. The lowest BCUT2D eigenvalue weighted by atomic mass is 10.2. The van der Waals surface area contributed by atoms with Crippen LogP contribution < -0.4 is 11.2 Å². The monoisotopic (exact) mass is 404 g/mol. The first-order chi connectivity index (χ1) is 11.4. The van der Waals surface area contributed by atoms with Crippen LogP contribution in [0, 0.1) is 0 Å². The van der Waals surface area contributed by atoms with E-state index in [4.69, 9.17) is 14.6 Å². The predicted molar refractivity (Wildman–Crippen MR) is 87.0 cm³/mol. The van der Waals surface area contributed by atoms with Gasteiger partial charge >= 0.3 is 11.8 Å². The van der Waals surface area contributed by atoms with Crippen LogP contribution in [0.25, 0.3) is 6.08 Å². The quantitative estimate of drug-likeness (QED) is 0.725. The number of hydrogen-bond donors (Lipinski definition) is 2. The minimum Gasteiger partial charge on any atom is -0.449 e. The van der Waals surface area contributed by atoms with Gasteiger partial charge in [0.1, 0.15) is 12.3 Å². The fourth-order valence-corrected chi connectivity index (χ4v) is 2.66. The molecule has 0 spiro atoms. The number of aromatic nitrogens is 2. The van der Waals surface area contributed by atoms with E-state index in [1.807, 2.05) is 0 Å². The van der Waals surface area contributed by atoms with E-state index in [9.17, 15) is 19.5 Å². The summed E-state index contributed by atoms with van der Waals surface area (Å²) in [5, 5.41) is 19.0. The Morgan fingerprint density at radius 2 is 2.25 bits per heavy atom. The second-order valence-corrected chi connectivity index (χ2v) is 5.55. The van der Waals surface area contributed by atoms with Crippen molar-refractivity contribution in [2.24, 2.45) is 0 Å². The summed E-state index contributed by atoms with van der Waals surface area (Å²) in [7, 11) is 0. The lowest BCUT2D eigenvalue weighted by Gasteiger charge is -2.16. The van der Waals surface area contributed by atoms with Crippen LogP contribution >= 0.6 is 15.9 Å². The molecule has 0 unspecified atom stereocenters. The van der Waals surface area contributed by atoms with Gasteiger partial charge in [-0.2, -0.15) is 4.57 Å². The van der Waals surface area contributed by atoms with E-state index >= 15 is 0 Å². The minimum atomic E-state index is -1.09. The molecule has 24 heavy (non-hydrogen) atoms. The van der Waals surface area contributed by atoms with E-state index in [0.717, 1.165) is 4.57 Å². The minimum absolute atomic E-state index is 0.00550. The molecule has 0 saturated carbocycles. The van der Waals surface area contributed by atoms with Crippen LogP contribution in [0.1, 0.15) is 25.1 Å². The zero-order valence-corrected chi connectivity index (χ0v) is 14.4. The molecule has 0 amide bonds. The smallest absolute Gasteiger partial charge is 0.425 e. The Hall–Kier alpha value is -1.75. The van der Waals surface area contributed by atoms with E-state index < -0.39 is 42.4 Å². The molecule has 1 aromatic heterocycles. The summed E-state index contributed by atoms with van der Waals surface area (Å²) >= 11 is 3.03. The van der Waals surface area contributed by atoms with E-state index in [-0.39, 0.29) is 18.6 Å². The molecule has 1 fully saturated rings. The van der Waals surface area contributed by atoms with Crippen molar-refractivity contribution < 1.29 is 24.5 Å². The van der Waals surface area contributed by atoms with Crippen molar-refractivity contribution in [3.63, 3.8) is 0 Å². The fraction of sp³-hybridized carbons (Fsp3) is 0.500. The van der Waals surface area contributed by atoms with Crippen molar-refractivity contribution in [2.45, 2.75) is 31.8 Å². The van der Waals surface area contributed by atoms with Crippen molar-refractivity contribution in [3.05, 3.63) is 37.6 Å². The van der Waals surface area contributed by atoms with Crippen molar-refractivity contribution in [3.8, 4) is 0 Å². The first kappa shape index (κ1) is 18.6. The lowest BCUT2D eigenvalue weighted by molar-refractivity contribution is -0.0462. The number of aliphatic hydroxyl groups is 2. The average Bonchev–Trinajstić information content (AvgIpc) is 2.91. The molecule has 1 aromatic rings. The van der Waals surface area contributed by atoms with Gasteiger partial charge in [-0.05, 0) is 18.0 Å². The van der Waals surface area contributed by atoms with Gasteiger partial charge in [-0.3, -0.25) is 9.36 Å². The van der Waals surface area contributed by atoms with Crippen LogP contribution in [-0.4, -0.2) is 50.9 Å².